The molecule has 1 aliphatic carbocycles. The number of nitrogens with zero attached hydrogens (tertiary/aromatic N) is 1. The Labute approximate surface area is 367 Å². The summed E-state index contributed by atoms with van der Waals surface area (Å²) in [6, 6.07) is -1.18. The number of piperidine rings is 1. The smallest absolute Gasteiger partial charge is 0.330 e. The van der Waals surface area contributed by atoms with E-state index >= 15 is 0 Å². The van der Waals surface area contributed by atoms with Gasteiger partial charge in [0.2, 0.25) is 5.79 Å². The summed E-state index contributed by atoms with van der Waals surface area (Å²) in [4.78, 5) is 70.5. The number of aliphatic hydroxyl groups is 3. The molecular weight excluding hydrogens is 803 g/mol. The number of fused-ring (bicyclic) bond motifs is 3. The van der Waals surface area contributed by atoms with E-state index in [1.165, 1.54) is 20.3 Å². The Morgan fingerprint density at radius 2 is 1.60 bits per heavy atom. The van der Waals surface area contributed by atoms with Crippen molar-refractivity contribution in [2.45, 2.75) is 167 Å². The maximum Gasteiger partial charge on any atom is 0.330 e. The molecule has 3 heterocycles. The number of hydrogen-bond acceptors (Lipinski definition) is 14. The van der Waals surface area contributed by atoms with E-state index in [9.17, 15) is 39.3 Å². The first-order valence-electron chi connectivity index (χ1n) is 22.5. The third kappa shape index (κ3) is 12.9. The molecule has 4 rings (SSSR count). The standard InChI is InChI=1S/C47H73NO14/c1-10-60-41(52)16-13-14-33-21-27(2)20-28(3)22-39(58-8)43-40(59-9)24-30(5)47(56,62-43)44(53)45(54)48-19-12-11-15-34(48)46(55)61-42(31(6)36(50)26-37(33)51)29(4)23-32-17-18-35(49)38(25-32)57-7/h13,16,21,23,28,30-36,38-40,42-43,49-50,56H,10-12,14-15,17-20,22,24-26H2,1-9H3/b16-13+,27-21+,29-23+/t28-,30+,31+,32-,33+,34-,35+,36-,38+,39-,40-,42+,43+,47+/m0/s1. The van der Waals surface area contributed by atoms with Gasteiger partial charge in [-0.25, -0.2) is 9.59 Å². The van der Waals surface area contributed by atoms with Crippen LogP contribution in [-0.4, -0.2) is 139 Å². The van der Waals surface area contributed by atoms with Gasteiger partial charge in [-0.15, -0.1) is 0 Å². The summed E-state index contributed by atoms with van der Waals surface area (Å²) < 4.78 is 34.9. The molecule has 0 radical (unpaired) electrons. The first kappa shape index (κ1) is 51.3. The highest BCUT2D eigenvalue weighted by atomic mass is 16.7. The normalized spacial score (nSPS) is 38.7. The van der Waals surface area contributed by atoms with E-state index in [0.29, 0.717) is 50.5 Å². The molecule has 1 amide bonds. The van der Waals surface area contributed by atoms with Gasteiger partial charge in [-0.3, -0.25) is 14.4 Å². The summed E-state index contributed by atoms with van der Waals surface area (Å²) >= 11 is 0. The fourth-order valence-corrected chi connectivity index (χ4v) is 9.75. The van der Waals surface area contributed by atoms with Crippen molar-refractivity contribution in [3.63, 3.8) is 0 Å². The fraction of sp³-hybridized carbons (Fsp3) is 0.766. The van der Waals surface area contributed by atoms with Crippen LogP contribution >= 0.6 is 0 Å². The monoisotopic (exact) mass is 876 g/mol. The Morgan fingerprint density at radius 1 is 0.919 bits per heavy atom. The summed E-state index contributed by atoms with van der Waals surface area (Å²) in [5.41, 5.74) is 1.48. The Morgan fingerprint density at radius 3 is 2.26 bits per heavy atom. The Bertz CT molecular complexity index is 1640. The zero-order valence-corrected chi connectivity index (χ0v) is 38.3. The van der Waals surface area contributed by atoms with Gasteiger partial charge in [0.15, 0.2) is 0 Å². The summed E-state index contributed by atoms with van der Waals surface area (Å²) in [6.07, 6.45) is 5.04. The van der Waals surface area contributed by atoms with Crippen molar-refractivity contribution < 1.29 is 67.7 Å². The number of cyclic esters (lactones) is 1. The third-order valence-electron chi connectivity index (χ3n) is 13.4. The molecule has 0 spiro atoms. The molecule has 15 nitrogen and oxygen atoms in total. The van der Waals surface area contributed by atoms with Crippen LogP contribution in [-0.2, 0) is 52.4 Å². The van der Waals surface area contributed by atoms with Crippen molar-refractivity contribution in [3.05, 3.63) is 35.5 Å². The second-order valence-electron chi connectivity index (χ2n) is 18.1. The number of Topliss-reactive ketones (excluding diaryl/α,β-unsaturated/α-hetero) is 2. The molecule has 4 aliphatic rings. The summed E-state index contributed by atoms with van der Waals surface area (Å²) in [5.74, 6) is -8.91. The molecule has 1 saturated carbocycles. The number of allylic oxidation sites excluding steroid dienone is 4. The predicted octanol–water partition coefficient (Wildman–Crippen LogP) is 4.57. The molecule has 2 bridgehead atoms. The second-order valence-corrected chi connectivity index (χ2v) is 18.1. The van der Waals surface area contributed by atoms with Crippen LogP contribution in [0.25, 0.3) is 0 Å². The average Bonchev–Trinajstić information content (AvgIpc) is 3.24. The highest BCUT2D eigenvalue weighted by Crippen LogP contribution is 2.39. The van der Waals surface area contributed by atoms with Crippen LogP contribution < -0.4 is 0 Å². The van der Waals surface area contributed by atoms with E-state index in [2.05, 4.69) is 0 Å². The zero-order valence-electron chi connectivity index (χ0n) is 38.3. The van der Waals surface area contributed by atoms with Crippen molar-refractivity contribution in [1.29, 1.82) is 0 Å². The van der Waals surface area contributed by atoms with Gasteiger partial charge < -0.3 is 48.6 Å². The van der Waals surface area contributed by atoms with Gasteiger partial charge in [0.05, 0.1) is 37.1 Å². The molecule has 3 fully saturated rings. The number of rotatable bonds is 9. The van der Waals surface area contributed by atoms with Crippen LogP contribution in [0.4, 0.5) is 0 Å². The Balaban J connectivity index is 1.80. The first-order chi connectivity index (χ1) is 29.4. The molecule has 0 aromatic heterocycles. The van der Waals surface area contributed by atoms with Gasteiger partial charge in [0, 0.05) is 58.1 Å². The SMILES string of the molecule is CCOC(=O)/C=C/C[C@@H]1/C=C(\C)C[C@H](C)C[C@H](OC)[C@H]2O[C@@](O)(C(=O)C(=O)N3CCCC[C@H]3C(=O)O[C@H](/C(C)=C/[C@@H]3CC[C@@H](O)[C@H](OC)C3)[C@H](C)[C@@H](O)CC1=O)[C@H](C)C[C@@H]2OC. The van der Waals surface area contributed by atoms with Crippen molar-refractivity contribution in [2.75, 3.05) is 34.5 Å². The van der Waals surface area contributed by atoms with Crippen molar-refractivity contribution >= 4 is 29.4 Å². The van der Waals surface area contributed by atoms with Gasteiger partial charge in [0.25, 0.3) is 11.7 Å². The number of ether oxygens (including phenoxy) is 6. The number of amides is 1. The second kappa shape index (κ2) is 23.6. The molecule has 3 aliphatic heterocycles. The maximum atomic E-state index is 14.4. The van der Waals surface area contributed by atoms with Gasteiger partial charge >= 0.3 is 11.9 Å². The fourth-order valence-electron chi connectivity index (χ4n) is 9.75. The Hall–Kier alpha value is -3.31. The lowest BCUT2D eigenvalue weighted by Gasteiger charge is -2.47. The first-order valence-corrected chi connectivity index (χ1v) is 22.5. The van der Waals surface area contributed by atoms with Gasteiger partial charge in [-0.05, 0) is 102 Å². The summed E-state index contributed by atoms with van der Waals surface area (Å²) in [5, 5.41) is 34.4. The molecule has 0 aromatic rings. The molecule has 2 saturated heterocycles. The number of carbonyl (C=O) groups is 5. The van der Waals surface area contributed by atoms with Crippen molar-refractivity contribution in [1.82, 2.24) is 4.90 Å². The minimum atomic E-state index is -2.55. The lowest BCUT2D eigenvalue weighted by Crippen LogP contribution is -2.64. The number of ketones is 2. The minimum absolute atomic E-state index is 0.0490. The van der Waals surface area contributed by atoms with Crippen LogP contribution in [0.15, 0.2) is 35.5 Å². The summed E-state index contributed by atoms with van der Waals surface area (Å²) in [7, 11) is 4.56. The van der Waals surface area contributed by atoms with E-state index in [1.54, 1.807) is 40.9 Å². The lowest BCUT2D eigenvalue weighted by atomic mass is 9.81. The summed E-state index contributed by atoms with van der Waals surface area (Å²) in [6.45, 7) is 11.0. The topological polar surface area (TPSA) is 205 Å². The van der Waals surface area contributed by atoms with Crippen LogP contribution in [0.2, 0.25) is 0 Å². The lowest BCUT2D eigenvalue weighted by molar-refractivity contribution is -0.302. The number of methoxy groups -OCH3 is 3. The molecule has 3 N–H and O–H groups in total. The quantitative estimate of drug-likeness (QED) is 0.126. The largest absolute Gasteiger partial charge is 0.463 e. The Kier molecular flexibility index (Phi) is 19.5. The van der Waals surface area contributed by atoms with E-state index in [1.807, 2.05) is 26.0 Å². The maximum absolute atomic E-state index is 14.4. The zero-order chi connectivity index (χ0) is 45.9. The number of esters is 2. The molecule has 350 valence electrons. The van der Waals surface area contributed by atoms with Gasteiger partial charge in [0.1, 0.15) is 24.0 Å². The van der Waals surface area contributed by atoms with E-state index < -0.39 is 89.8 Å². The number of carbonyl (C=O) groups excluding carboxylic acids is 5. The third-order valence-corrected chi connectivity index (χ3v) is 13.4. The van der Waals surface area contributed by atoms with Crippen molar-refractivity contribution in [3.8, 4) is 0 Å². The van der Waals surface area contributed by atoms with Crippen molar-refractivity contribution in [2.24, 2.45) is 29.6 Å². The van der Waals surface area contributed by atoms with E-state index in [0.717, 1.165) is 10.5 Å². The highest BCUT2D eigenvalue weighted by molar-refractivity contribution is 6.39. The predicted molar refractivity (Wildman–Crippen MR) is 228 cm³/mol. The number of aliphatic hydroxyl groups excluding tert-OH is 2. The molecule has 14 atom stereocenters. The van der Waals surface area contributed by atoms with Crippen LogP contribution in [0.1, 0.15) is 112 Å². The van der Waals surface area contributed by atoms with Crippen LogP contribution in [0, 0.1) is 29.6 Å². The molecular formula is C47H73NO14. The molecule has 62 heavy (non-hydrogen) atoms. The average molecular weight is 876 g/mol. The van der Waals surface area contributed by atoms with E-state index in [4.69, 9.17) is 28.4 Å². The van der Waals surface area contributed by atoms with Gasteiger partial charge in [-0.1, -0.05) is 44.6 Å². The van der Waals surface area contributed by atoms with Gasteiger partial charge in [-0.2, -0.15) is 0 Å². The molecule has 0 unspecified atom stereocenters. The van der Waals surface area contributed by atoms with Crippen LogP contribution in [0.5, 0.6) is 0 Å². The highest BCUT2D eigenvalue weighted by Gasteiger charge is 2.56. The molecule has 15 heteroatoms. The molecule has 0 aromatic carbocycles. The van der Waals surface area contributed by atoms with E-state index in [-0.39, 0.29) is 62.6 Å². The van der Waals surface area contributed by atoms with Crippen LogP contribution in [0.3, 0.4) is 0 Å². The number of hydrogen-bond donors (Lipinski definition) is 3. The minimum Gasteiger partial charge on any atom is -0.463 e.